The maximum atomic E-state index is 3.90. The summed E-state index contributed by atoms with van der Waals surface area (Å²) in [5.41, 5.74) is 3.38. The lowest BCUT2D eigenvalue weighted by atomic mass is 9.84. The van der Waals surface area contributed by atoms with Crippen LogP contribution in [0.15, 0.2) is 24.3 Å². The van der Waals surface area contributed by atoms with Gasteiger partial charge in [0, 0.05) is 12.1 Å². The minimum Gasteiger partial charge on any atom is -0.307 e. The van der Waals surface area contributed by atoms with E-state index in [4.69, 9.17) is 0 Å². The zero-order chi connectivity index (χ0) is 14.8. The number of nitrogens with one attached hydrogen (secondary N) is 1. The van der Waals surface area contributed by atoms with Gasteiger partial charge < -0.3 is 5.32 Å². The molecule has 112 valence electrons. The van der Waals surface area contributed by atoms with Crippen LogP contribution in [0, 0.1) is 11.3 Å². The summed E-state index contributed by atoms with van der Waals surface area (Å²) in [5, 5.41) is 3.90. The summed E-state index contributed by atoms with van der Waals surface area (Å²) in [6, 6.07) is 10.1. The molecule has 0 amide bonds. The van der Waals surface area contributed by atoms with Crippen LogP contribution in [0.2, 0.25) is 0 Å². The van der Waals surface area contributed by atoms with Crippen molar-refractivity contribution in [3.8, 4) is 0 Å². The Balaban J connectivity index is 1.97. The molecule has 0 spiro atoms. The largest absolute Gasteiger partial charge is 0.307 e. The SMILES string of the molecule is CC(C)CCCC(C)NC1c2ccccc2CC1(C)C. The zero-order valence-electron chi connectivity index (χ0n) is 13.9. The number of rotatable bonds is 6. The Morgan fingerprint density at radius 3 is 2.55 bits per heavy atom. The molecule has 0 aromatic heterocycles. The van der Waals surface area contributed by atoms with Gasteiger partial charge in [0.2, 0.25) is 0 Å². The average Bonchev–Trinajstić information content (AvgIpc) is 2.60. The highest BCUT2D eigenvalue weighted by Gasteiger charge is 2.38. The van der Waals surface area contributed by atoms with Crippen LogP contribution in [0.25, 0.3) is 0 Å². The van der Waals surface area contributed by atoms with Crippen LogP contribution in [-0.2, 0) is 6.42 Å². The molecule has 20 heavy (non-hydrogen) atoms. The molecule has 1 heteroatoms. The minimum atomic E-state index is 0.329. The van der Waals surface area contributed by atoms with Crippen LogP contribution in [0.5, 0.6) is 0 Å². The number of fused-ring (bicyclic) bond motifs is 1. The molecule has 2 atom stereocenters. The van der Waals surface area contributed by atoms with Crippen LogP contribution in [0.1, 0.15) is 71.0 Å². The van der Waals surface area contributed by atoms with E-state index in [1.165, 1.54) is 36.8 Å². The van der Waals surface area contributed by atoms with E-state index >= 15 is 0 Å². The topological polar surface area (TPSA) is 12.0 Å². The van der Waals surface area contributed by atoms with Crippen LogP contribution in [0.3, 0.4) is 0 Å². The van der Waals surface area contributed by atoms with Gasteiger partial charge in [0.05, 0.1) is 0 Å². The molecule has 1 aliphatic carbocycles. The van der Waals surface area contributed by atoms with Crippen molar-refractivity contribution in [2.24, 2.45) is 11.3 Å². The van der Waals surface area contributed by atoms with Gasteiger partial charge >= 0.3 is 0 Å². The summed E-state index contributed by atoms with van der Waals surface area (Å²) >= 11 is 0. The lowest BCUT2D eigenvalue weighted by Crippen LogP contribution is -2.37. The number of hydrogen-bond donors (Lipinski definition) is 1. The number of hydrogen-bond acceptors (Lipinski definition) is 1. The molecule has 0 heterocycles. The van der Waals surface area contributed by atoms with Crippen molar-refractivity contribution < 1.29 is 0 Å². The summed E-state index contributed by atoms with van der Waals surface area (Å²) in [6.07, 6.45) is 5.16. The molecule has 0 saturated heterocycles. The van der Waals surface area contributed by atoms with Crippen molar-refractivity contribution in [3.05, 3.63) is 35.4 Å². The molecule has 0 fully saturated rings. The van der Waals surface area contributed by atoms with E-state index in [2.05, 4.69) is 64.2 Å². The highest BCUT2D eigenvalue weighted by molar-refractivity contribution is 5.37. The van der Waals surface area contributed by atoms with Crippen molar-refractivity contribution in [1.82, 2.24) is 5.32 Å². The third-order valence-electron chi connectivity index (χ3n) is 4.66. The first kappa shape index (κ1) is 15.6. The van der Waals surface area contributed by atoms with E-state index in [0.717, 1.165) is 5.92 Å². The Morgan fingerprint density at radius 1 is 1.15 bits per heavy atom. The maximum Gasteiger partial charge on any atom is 0.0379 e. The van der Waals surface area contributed by atoms with Gasteiger partial charge in [0.1, 0.15) is 0 Å². The standard InChI is InChI=1S/C19H31N/c1-14(2)9-8-10-15(3)20-18-17-12-7-6-11-16(17)13-19(18,4)5/h6-7,11-12,14-15,18,20H,8-10,13H2,1-5H3. The van der Waals surface area contributed by atoms with E-state index in [9.17, 15) is 0 Å². The normalized spacial score (nSPS) is 22.0. The van der Waals surface area contributed by atoms with Crippen molar-refractivity contribution in [3.63, 3.8) is 0 Å². The predicted molar refractivity (Wildman–Crippen MR) is 88.0 cm³/mol. The van der Waals surface area contributed by atoms with E-state index in [0.29, 0.717) is 17.5 Å². The summed E-state index contributed by atoms with van der Waals surface area (Å²) < 4.78 is 0. The molecular formula is C19H31N. The molecule has 2 unspecified atom stereocenters. The first-order valence-electron chi connectivity index (χ1n) is 8.24. The Hall–Kier alpha value is -0.820. The predicted octanol–water partition coefficient (Wildman–Crippen LogP) is 5.11. The van der Waals surface area contributed by atoms with Crippen LogP contribution in [-0.4, -0.2) is 6.04 Å². The Kier molecular flexibility index (Phi) is 4.90. The summed E-state index contributed by atoms with van der Waals surface area (Å²) in [6.45, 7) is 11.8. The second-order valence-corrected chi connectivity index (χ2v) is 7.69. The van der Waals surface area contributed by atoms with Crippen molar-refractivity contribution in [2.45, 2.75) is 72.4 Å². The molecular weight excluding hydrogens is 242 g/mol. The summed E-state index contributed by atoms with van der Waals surface area (Å²) in [7, 11) is 0. The molecule has 1 nitrogen and oxygen atoms in total. The summed E-state index contributed by atoms with van der Waals surface area (Å²) in [5.74, 6) is 0.825. The Bertz CT molecular complexity index is 433. The van der Waals surface area contributed by atoms with Gasteiger partial charge in [0.25, 0.3) is 0 Å². The van der Waals surface area contributed by atoms with Crippen molar-refractivity contribution in [1.29, 1.82) is 0 Å². The third-order valence-corrected chi connectivity index (χ3v) is 4.66. The second kappa shape index (κ2) is 6.30. The van der Waals surface area contributed by atoms with Crippen LogP contribution in [0.4, 0.5) is 0 Å². The first-order chi connectivity index (χ1) is 9.40. The lowest BCUT2D eigenvalue weighted by Gasteiger charge is -2.31. The molecule has 0 bridgehead atoms. The minimum absolute atomic E-state index is 0.329. The van der Waals surface area contributed by atoms with Gasteiger partial charge in [-0.1, -0.05) is 64.8 Å². The highest BCUT2D eigenvalue weighted by atomic mass is 15.0. The molecule has 1 aromatic rings. The van der Waals surface area contributed by atoms with E-state index in [1.54, 1.807) is 0 Å². The fraction of sp³-hybridized carbons (Fsp3) is 0.684. The molecule has 0 radical (unpaired) electrons. The van der Waals surface area contributed by atoms with E-state index in [-0.39, 0.29) is 0 Å². The fourth-order valence-electron chi connectivity index (χ4n) is 3.51. The molecule has 0 aliphatic heterocycles. The molecule has 1 aromatic carbocycles. The van der Waals surface area contributed by atoms with Crippen LogP contribution >= 0.6 is 0 Å². The van der Waals surface area contributed by atoms with Gasteiger partial charge in [-0.3, -0.25) is 0 Å². The van der Waals surface area contributed by atoms with E-state index in [1.807, 2.05) is 0 Å². The average molecular weight is 273 g/mol. The molecule has 1 aliphatic rings. The molecule has 1 N–H and O–H groups in total. The van der Waals surface area contributed by atoms with Crippen LogP contribution < -0.4 is 5.32 Å². The lowest BCUT2D eigenvalue weighted by molar-refractivity contribution is 0.245. The zero-order valence-corrected chi connectivity index (χ0v) is 13.9. The maximum absolute atomic E-state index is 3.90. The van der Waals surface area contributed by atoms with Gasteiger partial charge in [-0.25, -0.2) is 0 Å². The molecule has 2 rings (SSSR count). The first-order valence-corrected chi connectivity index (χ1v) is 8.24. The Morgan fingerprint density at radius 2 is 1.85 bits per heavy atom. The van der Waals surface area contributed by atoms with Gasteiger partial charge in [-0.05, 0) is 42.2 Å². The van der Waals surface area contributed by atoms with Gasteiger partial charge in [0.15, 0.2) is 0 Å². The fourth-order valence-corrected chi connectivity index (χ4v) is 3.51. The van der Waals surface area contributed by atoms with E-state index < -0.39 is 0 Å². The van der Waals surface area contributed by atoms with Crippen molar-refractivity contribution in [2.75, 3.05) is 0 Å². The summed E-state index contributed by atoms with van der Waals surface area (Å²) in [4.78, 5) is 0. The number of benzene rings is 1. The highest BCUT2D eigenvalue weighted by Crippen LogP contribution is 2.45. The smallest absolute Gasteiger partial charge is 0.0379 e. The monoisotopic (exact) mass is 273 g/mol. The Labute approximate surface area is 125 Å². The van der Waals surface area contributed by atoms with Gasteiger partial charge in [-0.2, -0.15) is 0 Å². The quantitative estimate of drug-likeness (QED) is 0.759. The second-order valence-electron chi connectivity index (χ2n) is 7.69. The van der Waals surface area contributed by atoms with Gasteiger partial charge in [-0.15, -0.1) is 0 Å². The molecule has 0 saturated carbocycles. The third kappa shape index (κ3) is 3.63. The van der Waals surface area contributed by atoms with Crippen molar-refractivity contribution >= 4 is 0 Å².